The highest BCUT2D eigenvalue weighted by atomic mass is 35.5. The molecule has 0 aliphatic heterocycles. The molecule has 0 atom stereocenters. The summed E-state index contributed by atoms with van der Waals surface area (Å²) in [4.78, 5) is 28.9. The Kier molecular flexibility index (Phi) is 4.35. The maximum absolute atomic E-state index is 12.8. The molecule has 3 aromatic rings. The molecule has 0 saturated heterocycles. The second-order valence-electron chi connectivity index (χ2n) is 5.18. The van der Waals surface area contributed by atoms with E-state index in [1.54, 1.807) is 38.4 Å². The van der Waals surface area contributed by atoms with Crippen molar-refractivity contribution in [2.75, 3.05) is 6.61 Å². The van der Waals surface area contributed by atoms with Crippen LogP contribution in [-0.2, 0) is 23.0 Å². The first-order valence-electron chi connectivity index (χ1n) is 7.35. The molecule has 124 valence electrons. The number of benzene rings is 1. The van der Waals surface area contributed by atoms with Crippen LogP contribution in [0.4, 0.5) is 0 Å². The summed E-state index contributed by atoms with van der Waals surface area (Å²) in [6.07, 6.45) is 2.99. The molecule has 1 aromatic carbocycles. The number of ether oxygens (including phenoxy) is 1. The summed E-state index contributed by atoms with van der Waals surface area (Å²) in [5, 5.41) is 4.99. The lowest BCUT2D eigenvalue weighted by molar-refractivity contribution is -0.142. The molecule has 7 nitrogen and oxygen atoms in total. The van der Waals surface area contributed by atoms with Crippen molar-refractivity contribution in [2.24, 2.45) is 7.05 Å². The molecule has 0 radical (unpaired) electrons. The molecule has 8 heteroatoms. The molecule has 0 saturated carbocycles. The third kappa shape index (κ3) is 2.90. The second-order valence-corrected chi connectivity index (χ2v) is 5.62. The predicted molar refractivity (Wildman–Crippen MR) is 89.5 cm³/mol. The number of aromatic nitrogens is 4. The van der Waals surface area contributed by atoms with Gasteiger partial charge in [0, 0.05) is 17.6 Å². The summed E-state index contributed by atoms with van der Waals surface area (Å²) in [6, 6.07) is 4.94. The van der Waals surface area contributed by atoms with Gasteiger partial charge >= 0.3 is 5.97 Å². The largest absolute Gasteiger partial charge is 0.466 e. The number of carbonyl (C=O) groups excluding carboxylic acids is 1. The minimum Gasteiger partial charge on any atom is -0.466 e. The van der Waals surface area contributed by atoms with Gasteiger partial charge in [-0.25, -0.2) is 4.98 Å². The molecule has 0 spiro atoms. The molecule has 3 rings (SSSR count). The average Bonchev–Trinajstić information content (AvgIpc) is 2.89. The number of hydrogen-bond acceptors (Lipinski definition) is 5. The van der Waals surface area contributed by atoms with E-state index in [-0.39, 0.29) is 17.9 Å². The number of rotatable bonds is 4. The van der Waals surface area contributed by atoms with E-state index in [2.05, 4.69) is 10.1 Å². The van der Waals surface area contributed by atoms with E-state index in [0.29, 0.717) is 33.9 Å². The van der Waals surface area contributed by atoms with Crippen molar-refractivity contribution < 1.29 is 9.53 Å². The van der Waals surface area contributed by atoms with Crippen LogP contribution in [0.2, 0.25) is 5.02 Å². The zero-order chi connectivity index (χ0) is 17.3. The first-order chi connectivity index (χ1) is 11.5. The number of nitrogens with zero attached hydrogens (tertiary/aromatic N) is 4. The lowest BCUT2D eigenvalue weighted by Gasteiger charge is -2.10. The number of esters is 1. The third-order valence-electron chi connectivity index (χ3n) is 3.57. The lowest BCUT2D eigenvalue weighted by atomic mass is 10.2. The van der Waals surface area contributed by atoms with Gasteiger partial charge in [-0.3, -0.25) is 18.8 Å². The van der Waals surface area contributed by atoms with Gasteiger partial charge in [0.1, 0.15) is 12.1 Å². The molecule has 0 aliphatic carbocycles. The minimum atomic E-state index is -0.378. The number of carbonyl (C=O) groups is 1. The quantitative estimate of drug-likeness (QED) is 0.674. The topological polar surface area (TPSA) is 79.0 Å². The molecule has 0 amide bonds. The van der Waals surface area contributed by atoms with Gasteiger partial charge in [0.25, 0.3) is 5.56 Å². The van der Waals surface area contributed by atoms with Crippen LogP contribution < -0.4 is 5.56 Å². The van der Waals surface area contributed by atoms with Crippen molar-refractivity contribution in [2.45, 2.75) is 13.3 Å². The highest BCUT2D eigenvalue weighted by Crippen LogP contribution is 2.17. The van der Waals surface area contributed by atoms with Crippen LogP contribution in [0, 0.1) is 0 Å². The Bertz CT molecular complexity index is 977. The maximum atomic E-state index is 12.8. The van der Waals surface area contributed by atoms with E-state index in [0.717, 1.165) is 0 Å². The van der Waals surface area contributed by atoms with E-state index in [4.69, 9.17) is 16.3 Å². The van der Waals surface area contributed by atoms with Crippen LogP contribution in [0.25, 0.3) is 16.7 Å². The predicted octanol–water partition coefficient (Wildman–Crippen LogP) is 1.88. The Labute approximate surface area is 142 Å². The van der Waals surface area contributed by atoms with Crippen LogP contribution in [0.3, 0.4) is 0 Å². The first-order valence-corrected chi connectivity index (χ1v) is 7.73. The standard InChI is InChI=1S/C16H15ClN4O3/c1-3-24-14(22)6-10-8-19-20(2)15(10)21-9-18-13-5-4-11(17)7-12(13)16(21)23/h4-5,7-9H,3,6H2,1-2H3. The van der Waals surface area contributed by atoms with Crippen LogP contribution in [0.1, 0.15) is 12.5 Å². The Hall–Kier alpha value is -2.67. The van der Waals surface area contributed by atoms with Gasteiger partial charge in [-0.2, -0.15) is 5.10 Å². The van der Waals surface area contributed by atoms with Gasteiger partial charge in [-0.05, 0) is 25.1 Å². The van der Waals surface area contributed by atoms with E-state index in [1.165, 1.54) is 15.6 Å². The Morgan fingerprint density at radius 2 is 2.17 bits per heavy atom. The number of hydrogen-bond donors (Lipinski definition) is 0. The Balaban J connectivity index is 2.14. The van der Waals surface area contributed by atoms with E-state index in [9.17, 15) is 9.59 Å². The average molecular weight is 347 g/mol. The van der Waals surface area contributed by atoms with E-state index < -0.39 is 0 Å². The van der Waals surface area contributed by atoms with Gasteiger partial charge in [0.15, 0.2) is 0 Å². The van der Waals surface area contributed by atoms with Crippen LogP contribution >= 0.6 is 11.6 Å². The summed E-state index contributed by atoms with van der Waals surface area (Å²) in [7, 11) is 1.69. The van der Waals surface area contributed by atoms with Gasteiger partial charge < -0.3 is 4.74 Å². The SMILES string of the molecule is CCOC(=O)Cc1cnn(C)c1-n1cnc2ccc(Cl)cc2c1=O. The number of halogens is 1. The van der Waals surface area contributed by atoms with Crippen molar-refractivity contribution in [3.05, 3.63) is 51.7 Å². The fourth-order valence-electron chi connectivity index (χ4n) is 2.52. The summed E-state index contributed by atoms with van der Waals surface area (Å²) < 4.78 is 7.85. The van der Waals surface area contributed by atoms with Crippen molar-refractivity contribution in [1.29, 1.82) is 0 Å². The fourth-order valence-corrected chi connectivity index (χ4v) is 2.70. The molecule has 24 heavy (non-hydrogen) atoms. The third-order valence-corrected chi connectivity index (χ3v) is 3.80. The minimum absolute atomic E-state index is 0.0248. The second kappa shape index (κ2) is 6.45. The van der Waals surface area contributed by atoms with Crippen LogP contribution in [-0.4, -0.2) is 31.9 Å². The number of fused-ring (bicyclic) bond motifs is 1. The van der Waals surface area contributed by atoms with Gasteiger partial charge in [-0.1, -0.05) is 11.6 Å². The molecule has 0 N–H and O–H groups in total. The summed E-state index contributed by atoms with van der Waals surface area (Å²) in [5.41, 5.74) is 0.854. The molecule has 0 unspecified atom stereocenters. The molecular formula is C16H15ClN4O3. The lowest BCUT2D eigenvalue weighted by Crippen LogP contribution is -2.23. The summed E-state index contributed by atoms with van der Waals surface area (Å²) >= 11 is 5.98. The molecular weight excluding hydrogens is 332 g/mol. The molecule has 0 aliphatic rings. The van der Waals surface area contributed by atoms with Crippen molar-refractivity contribution >= 4 is 28.5 Å². The van der Waals surface area contributed by atoms with E-state index in [1.807, 2.05) is 0 Å². The monoisotopic (exact) mass is 346 g/mol. The Morgan fingerprint density at radius 1 is 1.38 bits per heavy atom. The van der Waals surface area contributed by atoms with Crippen molar-refractivity contribution in [3.8, 4) is 5.82 Å². The first kappa shape index (κ1) is 16.2. The highest BCUT2D eigenvalue weighted by Gasteiger charge is 2.17. The Morgan fingerprint density at radius 3 is 2.92 bits per heavy atom. The van der Waals surface area contributed by atoms with Crippen LogP contribution in [0.5, 0.6) is 0 Å². The zero-order valence-corrected chi connectivity index (χ0v) is 13.9. The fraction of sp³-hybridized carbons (Fsp3) is 0.250. The molecule has 0 bridgehead atoms. The highest BCUT2D eigenvalue weighted by molar-refractivity contribution is 6.31. The smallest absolute Gasteiger partial charge is 0.310 e. The molecule has 0 fully saturated rings. The zero-order valence-electron chi connectivity index (χ0n) is 13.2. The van der Waals surface area contributed by atoms with Gasteiger partial charge in [-0.15, -0.1) is 0 Å². The van der Waals surface area contributed by atoms with Crippen molar-refractivity contribution in [1.82, 2.24) is 19.3 Å². The van der Waals surface area contributed by atoms with Crippen molar-refractivity contribution in [3.63, 3.8) is 0 Å². The molecule has 2 heterocycles. The maximum Gasteiger partial charge on any atom is 0.310 e. The van der Waals surface area contributed by atoms with E-state index >= 15 is 0 Å². The van der Waals surface area contributed by atoms with Crippen LogP contribution in [0.15, 0.2) is 35.5 Å². The normalized spacial score (nSPS) is 11.0. The van der Waals surface area contributed by atoms with Gasteiger partial charge in [0.05, 0.1) is 30.1 Å². The summed E-state index contributed by atoms with van der Waals surface area (Å²) in [5.74, 6) is 0.0963. The summed E-state index contributed by atoms with van der Waals surface area (Å²) in [6.45, 7) is 2.04. The van der Waals surface area contributed by atoms with Gasteiger partial charge in [0.2, 0.25) is 0 Å². The molecule has 2 aromatic heterocycles. The number of aryl methyl sites for hydroxylation is 1.